The van der Waals surface area contributed by atoms with E-state index in [9.17, 15) is 22.4 Å². The van der Waals surface area contributed by atoms with Gasteiger partial charge in [0.2, 0.25) is 5.91 Å². The molecule has 126 valence electrons. The van der Waals surface area contributed by atoms with E-state index in [1.165, 1.54) is 24.3 Å². The number of carbonyl (C=O) groups is 2. The van der Waals surface area contributed by atoms with Crippen molar-refractivity contribution in [1.82, 2.24) is 10.6 Å². The van der Waals surface area contributed by atoms with E-state index < -0.39 is 21.7 Å². The standard InChI is InChI=1S/C14H18FN3O4S/c15-10-1-3-11(4-2-10)17-13(19)5-7-16-14(20)18-12-6-8-23(21,22)9-12/h1-4,12H,5-9H2,(H,17,19)(H2,16,18,20). The molecule has 1 fully saturated rings. The van der Waals surface area contributed by atoms with Crippen molar-refractivity contribution in [3.05, 3.63) is 30.1 Å². The second-order valence-electron chi connectivity index (χ2n) is 5.31. The highest BCUT2D eigenvalue weighted by atomic mass is 32.2. The molecule has 0 radical (unpaired) electrons. The van der Waals surface area contributed by atoms with Gasteiger partial charge < -0.3 is 16.0 Å². The molecule has 1 atom stereocenters. The number of anilines is 1. The molecule has 3 N–H and O–H groups in total. The van der Waals surface area contributed by atoms with Crippen molar-refractivity contribution < 1.29 is 22.4 Å². The molecule has 0 aliphatic carbocycles. The van der Waals surface area contributed by atoms with Crippen molar-refractivity contribution in [2.45, 2.75) is 18.9 Å². The number of hydrogen-bond acceptors (Lipinski definition) is 4. The highest BCUT2D eigenvalue weighted by Crippen LogP contribution is 2.11. The van der Waals surface area contributed by atoms with Crippen LogP contribution in [0.1, 0.15) is 12.8 Å². The normalized spacial score (nSPS) is 19.1. The topological polar surface area (TPSA) is 104 Å². The fraction of sp³-hybridized carbons (Fsp3) is 0.429. The second kappa shape index (κ2) is 7.40. The first-order valence-corrected chi connectivity index (χ1v) is 8.96. The Kier molecular flexibility index (Phi) is 5.54. The van der Waals surface area contributed by atoms with Gasteiger partial charge >= 0.3 is 6.03 Å². The molecule has 1 aliphatic rings. The van der Waals surface area contributed by atoms with E-state index in [1.807, 2.05) is 0 Å². The number of halogens is 1. The maximum absolute atomic E-state index is 12.7. The number of hydrogen-bond donors (Lipinski definition) is 3. The van der Waals surface area contributed by atoms with E-state index in [-0.39, 0.29) is 36.4 Å². The molecule has 1 aromatic carbocycles. The van der Waals surface area contributed by atoms with Crippen LogP contribution in [-0.2, 0) is 14.6 Å². The smallest absolute Gasteiger partial charge is 0.315 e. The summed E-state index contributed by atoms with van der Waals surface area (Å²) >= 11 is 0. The number of amides is 3. The van der Waals surface area contributed by atoms with Gasteiger partial charge in [-0.3, -0.25) is 4.79 Å². The average molecular weight is 343 g/mol. The lowest BCUT2D eigenvalue weighted by molar-refractivity contribution is -0.116. The molecule has 1 heterocycles. The molecule has 0 spiro atoms. The second-order valence-corrected chi connectivity index (χ2v) is 7.53. The molecule has 1 aliphatic heterocycles. The van der Waals surface area contributed by atoms with Gasteiger partial charge in [-0.2, -0.15) is 0 Å². The van der Waals surface area contributed by atoms with Gasteiger partial charge in [0.15, 0.2) is 9.84 Å². The monoisotopic (exact) mass is 343 g/mol. The van der Waals surface area contributed by atoms with Crippen LogP contribution in [0, 0.1) is 5.82 Å². The van der Waals surface area contributed by atoms with Crippen molar-refractivity contribution >= 4 is 27.5 Å². The quantitative estimate of drug-likeness (QED) is 0.730. The Hall–Kier alpha value is -2.16. The predicted molar refractivity (Wildman–Crippen MR) is 83.2 cm³/mol. The van der Waals surface area contributed by atoms with E-state index in [0.717, 1.165) is 0 Å². The summed E-state index contributed by atoms with van der Waals surface area (Å²) in [5, 5.41) is 7.63. The molecule has 3 amide bonds. The first kappa shape index (κ1) is 17.2. The maximum atomic E-state index is 12.7. The minimum absolute atomic E-state index is 0.0494. The van der Waals surface area contributed by atoms with Crippen LogP contribution in [0.4, 0.5) is 14.9 Å². The zero-order valence-corrected chi connectivity index (χ0v) is 13.2. The Morgan fingerprint density at radius 2 is 1.91 bits per heavy atom. The molecule has 0 aromatic heterocycles. The van der Waals surface area contributed by atoms with Crippen molar-refractivity contribution in [3.63, 3.8) is 0 Å². The molecule has 0 bridgehead atoms. The summed E-state index contributed by atoms with van der Waals surface area (Å²) in [7, 11) is -3.05. The molecular formula is C14H18FN3O4S. The summed E-state index contributed by atoms with van der Waals surface area (Å²) in [4.78, 5) is 23.2. The molecule has 1 saturated heterocycles. The Labute approximate surface area is 133 Å². The molecule has 1 unspecified atom stereocenters. The maximum Gasteiger partial charge on any atom is 0.315 e. The van der Waals surface area contributed by atoms with Crippen LogP contribution in [0.3, 0.4) is 0 Å². The van der Waals surface area contributed by atoms with Gasteiger partial charge in [0.1, 0.15) is 5.82 Å². The third kappa shape index (κ3) is 5.85. The van der Waals surface area contributed by atoms with Gasteiger partial charge in [-0.05, 0) is 30.7 Å². The first-order valence-electron chi connectivity index (χ1n) is 7.14. The van der Waals surface area contributed by atoms with Crippen LogP contribution >= 0.6 is 0 Å². The number of carbonyl (C=O) groups excluding carboxylic acids is 2. The fourth-order valence-electron chi connectivity index (χ4n) is 2.19. The minimum atomic E-state index is -3.05. The van der Waals surface area contributed by atoms with Crippen LogP contribution in [-0.4, -0.2) is 44.4 Å². The van der Waals surface area contributed by atoms with Gasteiger partial charge in [-0.25, -0.2) is 17.6 Å². The zero-order valence-electron chi connectivity index (χ0n) is 12.3. The third-order valence-corrected chi connectivity index (χ3v) is 5.10. The van der Waals surface area contributed by atoms with E-state index in [0.29, 0.717) is 12.1 Å². The summed E-state index contributed by atoms with van der Waals surface area (Å²) in [6, 6.07) is 4.46. The zero-order chi connectivity index (χ0) is 16.9. The highest BCUT2D eigenvalue weighted by molar-refractivity contribution is 7.91. The van der Waals surface area contributed by atoms with Gasteiger partial charge in [0.05, 0.1) is 11.5 Å². The number of benzene rings is 1. The van der Waals surface area contributed by atoms with Gasteiger partial charge in [-0.1, -0.05) is 0 Å². The van der Waals surface area contributed by atoms with Crippen LogP contribution in [0.5, 0.6) is 0 Å². The molecule has 0 saturated carbocycles. The SMILES string of the molecule is O=C(CCNC(=O)NC1CCS(=O)(=O)C1)Nc1ccc(F)cc1. The highest BCUT2D eigenvalue weighted by Gasteiger charge is 2.28. The third-order valence-electron chi connectivity index (χ3n) is 3.33. The summed E-state index contributed by atoms with van der Waals surface area (Å²) < 4.78 is 35.3. The summed E-state index contributed by atoms with van der Waals surface area (Å²) in [5.41, 5.74) is 0.469. The van der Waals surface area contributed by atoms with Gasteiger partial charge in [0.25, 0.3) is 0 Å². The lowest BCUT2D eigenvalue weighted by atomic mass is 10.3. The van der Waals surface area contributed by atoms with Crippen molar-refractivity contribution in [3.8, 4) is 0 Å². The van der Waals surface area contributed by atoms with Crippen LogP contribution in [0.15, 0.2) is 24.3 Å². The van der Waals surface area contributed by atoms with Gasteiger partial charge in [0, 0.05) is 24.7 Å². The lowest BCUT2D eigenvalue weighted by Crippen LogP contribution is -2.43. The molecule has 2 rings (SSSR count). The first-order chi connectivity index (χ1) is 10.8. The number of urea groups is 1. The number of rotatable bonds is 5. The van der Waals surface area contributed by atoms with Crippen LogP contribution < -0.4 is 16.0 Å². The molecular weight excluding hydrogens is 325 g/mol. The van der Waals surface area contributed by atoms with E-state index >= 15 is 0 Å². The molecule has 9 heteroatoms. The van der Waals surface area contributed by atoms with Crippen molar-refractivity contribution in [2.24, 2.45) is 0 Å². The Morgan fingerprint density at radius 3 is 2.52 bits per heavy atom. The Balaban J connectivity index is 1.65. The van der Waals surface area contributed by atoms with Crippen molar-refractivity contribution in [1.29, 1.82) is 0 Å². The van der Waals surface area contributed by atoms with Gasteiger partial charge in [-0.15, -0.1) is 0 Å². The predicted octanol–water partition coefficient (Wildman–Crippen LogP) is 0.641. The fourth-order valence-corrected chi connectivity index (χ4v) is 3.86. The summed E-state index contributed by atoms with van der Waals surface area (Å²) in [6.07, 6.45) is 0.453. The largest absolute Gasteiger partial charge is 0.338 e. The minimum Gasteiger partial charge on any atom is -0.338 e. The van der Waals surface area contributed by atoms with Crippen LogP contribution in [0.25, 0.3) is 0 Å². The van der Waals surface area contributed by atoms with Crippen molar-refractivity contribution in [2.75, 3.05) is 23.4 Å². The molecule has 23 heavy (non-hydrogen) atoms. The van der Waals surface area contributed by atoms with E-state index in [2.05, 4.69) is 16.0 Å². The molecule has 1 aromatic rings. The Morgan fingerprint density at radius 1 is 1.22 bits per heavy atom. The summed E-state index contributed by atoms with van der Waals surface area (Å²) in [6.45, 7) is 0.109. The lowest BCUT2D eigenvalue weighted by Gasteiger charge is -2.12. The van der Waals surface area contributed by atoms with E-state index in [4.69, 9.17) is 0 Å². The number of sulfone groups is 1. The Bertz CT molecular complexity index is 676. The average Bonchev–Trinajstić information content (AvgIpc) is 2.80. The summed E-state index contributed by atoms with van der Waals surface area (Å²) in [5.74, 6) is -0.681. The number of nitrogens with one attached hydrogen (secondary N) is 3. The van der Waals surface area contributed by atoms with Crippen LogP contribution in [0.2, 0.25) is 0 Å². The molecule has 7 nitrogen and oxygen atoms in total. The van der Waals surface area contributed by atoms with E-state index in [1.54, 1.807) is 0 Å².